The average Bonchev–Trinajstić information content (AvgIpc) is 3.37. The first-order valence-electron chi connectivity index (χ1n) is 8.66. The molecule has 5 nitrogen and oxygen atoms in total. The van der Waals surface area contributed by atoms with Crippen molar-refractivity contribution >= 4 is 23.3 Å². The monoisotopic (exact) mass is 380 g/mol. The van der Waals surface area contributed by atoms with E-state index in [9.17, 15) is 13.6 Å². The minimum atomic E-state index is -1.08. The Bertz CT molecular complexity index is 852. The van der Waals surface area contributed by atoms with Gasteiger partial charge in [-0.3, -0.25) is 5.10 Å². The van der Waals surface area contributed by atoms with Gasteiger partial charge in [0.15, 0.2) is 0 Å². The molecule has 2 aliphatic rings. The van der Waals surface area contributed by atoms with E-state index in [4.69, 9.17) is 11.6 Å². The lowest BCUT2D eigenvalue weighted by molar-refractivity contribution is 0.180. The van der Waals surface area contributed by atoms with Gasteiger partial charge in [-0.1, -0.05) is 11.6 Å². The molecule has 4 rings (SSSR count). The summed E-state index contributed by atoms with van der Waals surface area (Å²) in [5, 5.41) is 9.78. The van der Waals surface area contributed by atoms with Crippen molar-refractivity contribution in [2.45, 2.75) is 44.9 Å². The smallest absolute Gasteiger partial charge is 0.317 e. The molecule has 0 spiro atoms. The second kappa shape index (κ2) is 6.54. The van der Waals surface area contributed by atoms with Gasteiger partial charge in [0.1, 0.15) is 17.7 Å². The minimum Gasteiger partial charge on any atom is -0.317 e. The molecule has 1 saturated carbocycles. The van der Waals surface area contributed by atoms with E-state index >= 15 is 0 Å². The molecule has 1 aromatic heterocycles. The van der Waals surface area contributed by atoms with Crippen molar-refractivity contribution in [1.82, 2.24) is 15.1 Å². The first-order chi connectivity index (χ1) is 12.4. The summed E-state index contributed by atoms with van der Waals surface area (Å²) >= 11 is 5.76. The zero-order valence-corrected chi connectivity index (χ0v) is 15.0. The van der Waals surface area contributed by atoms with E-state index in [1.807, 2.05) is 6.92 Å². The van der Waals surface area contributed by atoms with Gasteiger partial charge in [-0.2, -0.15) is 5.10 Å². The van der Waals surface area contributed by atoms with Crippen LogP contribution in [0.4, 0.5) is 19.3 Å². The van der Waals surface area contributed by atoms with Gasteiger partial charge in [0.05, 0.1) is 11.6 Å². The van der Waals surface area contributed by atoms with Crippen LogP contribution in [-0.2, 0) is 13.0 Å². The molecule has 1 aliphatic carbocycles. The molecule has 8 heteroatoms. The van der Waals surface area contributed by atoms with E-state index in [1.165, 1.54) is 18.2 Å². The Hall–Kier alpha value is -2.15. The molecule has 1 fully saturated rings. The number of nitrogens with one attached hydrogen (secondary N) is 2. The van der Waals surface area contributed by atoms with Crippen LogP contribution in [0.1, 0.15) is 42.9 Å². The predicted octanol–water partition coefficient (Wildman–Crippen LogP) is 4.60. The number of H-pyrrole nitrogens is 1. The van der Waals surface area contributed by atoms with Crippen molar-refractivity contribution < 1.29 is 13.6 Å². The Morgan fingerprint density at radius 1 is 1.46 bits per heavy atom. The first kappa shape index (κ1) is 17.3. The highest BCUT2D eigenvalue weighted by Crippen LogP contribution is 2.44. The number of carbonyl (C=O) groups excluding carboxylic acids is 1. The molecule has 2 N–H and O–H groups in total. The molecule has 138 valence electrons. The van der Waals surface area contributed by atoms with E-state index in [-0.39, 0.29) is 29.6 Å². The zero-order valence-electron chi connectivity index (χ0n) is 14.2. The number of rotatable bonds is 3. The molecule has 26 heavy (non-hydrogen) atoms. The van der Waals surface area contributed by atoms with Gasteiger partial charge in [0.2, 0.25) is 0 Å². The highest BCUT2D eigenvalue weighted by atomic mass is 35.5. The van der Waals surface area contributed by atoms with Gasteiger partial charge in [-0.25, -0.2) is 13.6 Å². The van der Waals surface area contributed by atoms with Gasteiger partial charge >= 0.3 is 6.03 Å². The minimum absolute atomic E-state index is 0.0467. The average molecular weight is 381 g/mol. The summed E-state index contributed by atoms with van der Waals surface area (Å²) in [6.07, 6.45) is 1.27. The standard InChI is InChI=1S/C18H19ClF2N4O/c1-9-6-15-12(17(24-23-15)16(21)10-2-3-10)8-25(9)18(26)22-11-4-5-14(20)13(19)7-11/h4-5,7,9-10,16H,2-3,6,8H2,1H3,(H,22,26)(H,23,24). The number of anilines is 1. The van der Waals surface area contributed by atoms with Crippen LogP contribution in [0.2, 0.25) is 5.02 Å². The van der Waals surface area contributed by atoms with Crippen LogP contribution in [0.3, 0.4) is 0 Å². The number of urea groups is 1. The largest absolute Gasteiger partial charge is 0.322 e. The number of amides is 2. The number of halogens is 3. The lowest BCUT2D eigenvalue weighted by Gasteiger charge is -2.33. The summed E-state index contributed by atoms with van der Waals surface area (Å²) in [4.78, 5) is 14.3. The predicted molar refractivity (Wildman–Crippen MR) is 94.3 cm³/mol. The van der Waals surface area contributed by atoms with Crippen LogP contribution in [0.25, 0.3) is 0 Å². The van der Waals surface area contributed by atoms with Gasteiger partial charge in [-0.05, 0) is 43.9 Å². The number of fused-ring (bicyclic) bond motifs is 1. The molecule has 2 aromatic rings. The van der Waals surface area contributed by atoms with Crippen LogP contribution in [0.5, 0.6) is 0 Å². The number of hydrogen-bond donors (Lipinski definition) is 2. The number of aromatic nitrogens is 2. The number of carbonyl (C=O) groups is 1. The second-order valence-electron chi connectivity index (χ2n) is 7.05. The van der Waals surface area contributed by atoms with E-state index in [0.29, 0.717) is 17.8 Å². The number of benzene rings is 1. The number of alkyl halides is 1. The van der Waals surface area contributed by atoms with E-state index in [2.05, 4.69) is 15.5 Å². The van der Waals surface area contributed by atoms with Crippen LogP contribution in [-0.4, -0.2) is 27.2 Å². The highest BCUT2D eigenvalue weighted by Gasteiger charge is 2.38. The summed E-state index contributed by atoms with van der Waals surface area (Å²) in [5.74, 6) is -0.497. The molecule has 0 radical (unpaired) electrons. The molecule has 0 saturated heterocycles. The van der Waals surface area contributed by atoms with Crippen LogP contribution < -0.4 is 5.32 Å². The first-order valence-corrected chi connectivity index (χ1v) is 9.04. The fourth-order valence-electron chi connectivity index (χ4n) is 3.38. The normalized spacial score (nSPS) is 20.6. The van der Waals surface area contributed by atoms with Crippen molar-refractivity contribution in [2.24, 2.45) is 5.92 Å². The Labute approximate surface area is 154 Å². The van der Waals surface area contributed by atoms with Crippen LogP contribution in [0.15, 0.2) is 18.2 Å². The Morgan fingerprint density at radius 2 is 2.23 bits per heavy atom. The third kappa shape index (κ3) is 3.16. The maximum absolute atomic E-state index is 14.5. The van der Waals surface area contributed by atoms with Crippen molar-refractivity contribution in [2.75, 3.05) is 5.32 Å². The third-order valence-electron chi connectivity index (χ3n) is 5.07. The summed E-state index contributed by atoms with van der Waals surface area (Å²) in [6.45, 7) is 2.21. The molecule has 0 bridgehead atoms. The molecule has 1 aliphatic heterocycles. The summed E-state index contributed by atoms with van der Waals surface area (Å²) < 4.78 is 27.8. The highest BCUT2D eigenvalue weighted by molar-refractivity contribution is 6.31. The molecule has 1 aromatic carbocycles. The SMILES string of the molecule is CC1Cc2[nH]nc(C(F)C3CC3)c2CN1C(=O)Nc1ccc(F)c(Cl)c1. The Kier molecular flexibility index (Phi) is 4.34. The number of aromatic amines is 1. The van der Waals surface area contributed by atoms with Crippen molar-refractivity contribution in [1.29, 1.82) is 0 Å². The van der Waals surface area contributed by atoms with E-state index < -0.39 is 12.0 Å². The zero-order chi connectivity index (χ0) is 18.4. The Morgan fingerprint density at radius 3 is 2.92 bits per heavy atom. The molecule has 2 heterocycles. The number of nitrogens with zero attached hydrogens (tertiary/aromatic N) is 2. The quantitative estimate of drug-likeness (QED) is 0.817. The Balaban J connectivity index is 1.53. The van der Waals surface area contributed by atoms with E-state index in [0.717, 1.165) is 24.1 Å². The van der Waals surface area contributed by atoms with Crippen LogP contribution >= 0.6 is 11.6 Å². The maximum atomic E-state index is 14.5. The van der Waals surface area contributed by atoms with Crippen molar-refractivity contribution in [3.63, 3.8) is 0 Å². The van der Waals surface area contributed by atoms with Gasteiger partial charge < -0.3 is 10.2 Å². The number of hydrogen-bond acceptors (Lipinski definition) is 2. The van der Waals surface area contributed by atoms with Gasteiger partial charge in [-0.15, -0.1) is 0 Å². The summed E-state index contributed by atoms with van der Waals surface area (Å²) in [5.41, 5.74) is 2.50. The van der Waals surface area contributed by atoms with Gasteiger partial charge in [0, 0.05) is 29.4 Å². The maximum Gasteiger partial charge on any atom is 0.322 e. The fraction of sp³-hybridized carbons (Fsp3) is 0.444. The third-order valence-corrected chi connectivity index (χ3v) is 5.36. The second-order valence-corrected chi connectivity index (χ2v) is 7.45. The fourth-order valence-corrected chi connectivity index (χ4v) is 3.56. The molecular weight excluding hydrogens is 362 g/mol. The summed E-state index contributed by atoms with van der Waals surface area (Å²) in [7, 11) is 0. The molecule has 2 amide bonds. The lowest BCUT2D eigenvalue weighted by atomic mass is 9.97. The van der Waals surface area contributed by atoms with E-state index in [1.54, 1.807) is 4.90 Å². The van der Waals surface area contributed by atoms with Crippen molar-refractivity contribution in [3.8, 4) is 0 Å². The van der Waals surface area contributed by atoms with Crippen LogP contribution in [0, 0.1) is 11.7 Å². The molecule has 2 atom stereocenters. The van der Waals surface area contributed by atoms with Crippen molar-refractivity contribution in [3.05, 3.63) is 46.0 Å². The lowest BCUT2D eigenvalue weighted by Crippen LogP contribution is -2.45. The molecule has 2 unspecified atom stereocenters. The summed E-state index contributed by atoms with van der Waals surface area (Å²) in [6, 6.07) is 3.61. The molecular formula is C18H19ClF2N4O. The topological polar surface area (TPSA) is 61.0 Å². The van der Waals surface area contributed by atoms with Gasteiger partial charge in [0.25, 0.3) is 0 Å².